The maximum Gasteiger partial charge on any atom is 0.308 e. The van der Waals surface area contributed by atoms with Gasteiger partial charge < -0.3 is 19.1 Å². The third-order valence-electron chi connectivity index (χ3n) is 5.46. The number of benzene rings is 2. The number of hydrogen-bond acceptors (Lipinski definition) is 5. The summed E-state index contributed by atoms with van der Waals surface area (Å²) in [4.78, 5) is 27.3. The number of amides is 1. The second kappa shape index (κ2) is 10.1. The number of esters is 1. The van der Waals surface area contributed by atoms with E-state index >= 15 is 0 Å². The number of rotatable bonds is 8. The molecule has 2 aromatic rings. The number of aryl methyl sites for hydroxylation is 1. The second-order valence-electron chi connectivity index (χ2n) is 7.25. The van der Waals surface area contributed by atoms with Crippen LogP contribution in [-0.2, 0) is 27.2 Å². The Hall–Kier alpha value is -3.02. The Balaban J connectivity index is 1.86. The first kappa shape index (κ1) is 21.7. The Morgan fingerprint density at radius 3 is 2.43 bits per heavy atom. The Morgan fingerprint density at radius 1 is 1.07 bits per heavy atom. The third kappa shape index (κ3) is 4.93. The summed E-state index contributed by atoms with van der Waals surface area (Å²) in [5, 5.41) is 0. The standard InChI is InChI=1S/C24H29NO5/c1-4-30-24(27)16-20-19-15-22(29-3)21(28-2)14-18(19)12-13-25(20)23(26)11-10-17-8-6-5-7-9-17/h5-9,14-15,20H,4,10-13,16H2,1-3H3. The summed E-state index contributed by atoms with van der Waals surface area (Å²) >= 11 is 0. The summed E-state index contributed by atoms with van der Waals surface area (Å²) in [5.41, 5.74) is 3.10. The van der Waals surface area contributed by atoms with Gasteiger partial charge >= 0.3 is 5.97 Å². The summed E-state index contributed by atoms with van der Waals surface area (Å²) < 4.78 is 16.1. The van der Waals surface area contributed by atoms with Crippen molar-refractivity contribution in [1.82, 2.24) is 4.90 Å². The average Bonchev–Trinajstić information content (AvgIpc) is 2.77. The molecular weight excluding hydrogens is 382 g/mol. The molecule has 0 aromatic heterocycles. The highest BCUT2D eigenvalue weighted by Crippen LogP contribution is 2.39. The fourth-order valence-corrected chi connectivity index (χ4v) is 3.96. The molecule has 0 saturated heterocycles. The van der Waals surface area contributed by atoms with E-state index in [2.05, 4.69) is 0 Å². The lowest BCUT2D eigenvalue weighted by atomic mass is 9.89. The van der Waals surface area contributed by atoms with Crippen LogP contribution in [0.25, 0.3) is 0 Å². The molecule has 0 saturated carbocycles. The van der Waals surface area contributed by atoms with E-state index in [4.69, 9.17) is 14.2 Å². The van der Waals surface area contributed by atoms with Crippen LogP contribution in [0.2, 0.25) is 0 Å². The molecule has 6 nitrogen and oxygen atoms in total. The zero-order valence-electron chi connectivity index (χ0n) is 17.8. The van der Waals surface area contributed by atoms with Gasteiger partial charge in [-0.05, 0) is 48.6 Å². The van der Waals surface area contributed by atoms with Crippen LogP contribution in [0, 0.1) is 0 Å². The van der Waals surface area contributed by atoms with Crippen molar-refractivity contribution in [1.29, 1.82) is 0 Å². The lowest BCUT2D eigenvalue weighted by Crippen LogP contribution is -2.41. The molecule has 1 atom stereocenters. The van der Waals surface area contributed by atoms with E-state index < -0.39 is 0 Å². The van der Waals surface area contributed by atoms with E-state index in [0.29, 0.717) is 43.9 Å². The first-order valence-electron chi connectivity index (χ1n) is 10.3. The normalized spacial score (nSPS) is 15.3. The van der Waals surface area contributed by atoms with Crippen LogP contribution in [0.4, 0.5) is 0 Å². The smallest absolute Gasteiger partial charge is 0.308 e. The van der Waals surface area contributed by atoms with Gasteiger partial charge in [-0.15, -0.1) is 0 Å². The maximum absolute atomic E-state index is 13.1. The highest BCUT2D eigenvalue weighted by atomic mass is 16.5. The van der Waals surface area contributed by atoms with Crippen LogP contribution < -0.4 is 9.47 Å². The van der Waals surface area contributed by atoms with Crippen molar-refractivity contribution in [2.45, 2.75) is 38.6 Å². The molecule has 0 radical (unpaired) electrons. The maximum atomic E-state index is 13.1. The van der Waals surface area contributed by atoms with E-state index in [9.17, 15) is 9.59 Å². The largest absolute Gasteiger partial charge is 0.493 e. The number of nitrogens with zero attached hydrogens (tertiary/aromatic N) is 1. The molecule has 1 aliphatic heterocycles. The molecule has 0 aliphatic carbocycles. The van der Waals surface area contributed by atoms with Crippen molar-refractivity contribution < 1.29 is 23.8 Å². The van der Waals surface area contributed by atoms with Crippen molar-refractivity contribution in [3.05, 3.63) is 59.2 Å². The summed E-state index contributed by atoms with van der Waals surface area (Å²) in [6, 6.07) is 13.4. The van der Waals surface area contributed by atoms with Gasteiger partial charge in [-0.25, -0.2) is 0 Å². The lowest BCUT2D eigenvalue weighted by molar-refractivity contribution is -0.146. The van der Waals surface area contributed by atoms with Crippen molar-refractivity contribution in [2.24, 2.45) is 0 Å². The molecule has 2 aromatic carbocycles. The molecule has 30 heavy (non-hydrogen) atoms. The van der Waals surface area contributed by atoms with Crippen molar-refractivity contribution in [2.75, 3.05) is 27.4 Å². The number of hydrogen-bond donors (Lipinski definition) is 0. The fourth-order valence-electron chi connectivity index (χ4n) is 3.96. The van der Waals surface area contributed by atoms with Crippen molar-refractivity contribution >= 4 is 11.9 Å². The van der Waals surface area contributed by atoms with Gasteiger partial charge in [0, 0.05) is 13.0 Å². The molecule has 1 unspecified atom stereocenters. The predicted octanol–water partition coefficient (Wildman–Crippen LogP) is 3.72. The van der Waals surface area contributed by atoms with Crippen LogP contribution in [0.3, 0.4) is 0 Å². The van der Waals surface area contributed by atoms with Gasteiger partial charge in [-0.1, -0.05) is 30.3 Å². The topological polar surface area (TPSA) is 65.1 Å². The third-order valence-corrected chi connectivity index (χ3v) is 5.46. The predicted molar refractivity (Wildman–Crippen MR) is 114 cm³/mol. The van der Waals surface area contributed by atoms with E-state index in [-0.39, 0.29) is 24.3 Å². The van der Waals surface area contributed by atoms with Crippen LogP contribution >= 0.6 is 0 Å². The van der Waals surface area contributed by atoms with Gasteiger partial charge in [-0.2, -0.15) is 0 Å². The molecule has 1 amide bonds. The first-order valence-corrected chi connectivity index (χ1v) is 10.3. The van der Waals surface area contributed by atoms with Crippen LogP contribution in [0.5, 0.6) is 11.5 Å². The molecule has 0 bridgehead atoms. The number of ether oxygens (including phenoxy) is 3. The Labute approximate surface area is 177 Å². The van der Waals surface area contributed by atoms with Gasteiger partial charge in [0.25, 0.3) is 0 Å². The minimum absolute atomic E-state index is 0.0357. The monoisotopic (exact) mass is 411 g/mol. The number of methoxy groups -OCH3 is 2. The molecule has 0 spiro atoms. The number of fused-ring (bicyclic) bond motifs is 1. The fraction of sp³-hybridized carbons (Fsp3) is 0.417. The highest BCUT2D eigenvalue weighted by Gasteiger charge is 2.33. The average molecular weight is 411 g/mol. The summed E-state index contributed by atoms with van der Waals surface area (Å²) in [7, 11) is 3.18. The zero-order chi connectivity index (χ0) is 21.5. The minimum Gasteiger partial charge on any atom is -0.493 e. The summed E-state index contributed by atoms with van der Waals surface area (Å²) in [5.74, 6) is 0.957. The minimum atomic E-state index is -0.379. The summed E-state index contributed by atoms with van der Waals surface area (Å²) in [6.45, 7) is 2.65. The Morgan fingerprint density at radius 2 is 1.77 bits per heavy atom. The molecular formula is C24H29NO5. The van der Waals surface area contributed by atoms with Gasteiger partial charge in [0.15, 0.2) is 11.5 Å². The number of carbonyl (C=O) groups is 2. The highest BCUT2D eigenvalue weighted by molar-refractivity contribution is 5.79. The lowest BCUT2D eigenvalue weighted by Gasteiger charge is -2.37. The van der Waals surface area contributed by atoms with Gasteiger partial charge in [-0.3, -0.25) is 9.59 Å². The van der Waals surface area contributed by atoms with Gasteiger partial charge in [0.05, 0.1) is 33.3 Å². The van der Waals surface area contributed by atoms with Crippen LogP contribution in [0.15, 0.2) is 42.5 Å². The zero-order valence-corrected chi connectivity index (χ0v) is 17.8. The van der Waals surface area contributed by atoms with E-state index in [1.165, 1.54) is 0 Å². The van der Waals surface area contributed by atoms with Crippen molar-refractivity contribution in [3.63, 3.8) is 0 Å². The molecule has 6 heteroatoms. The van der Waals surface area contributed by atoms with Crippen LogP contribution in [0.1, 0.15) is 42.5 Å². The van der Waals surface area contributed by atoms with E-state index in [0.717, 1.165) is 16.7 Å². The second-order valence-corrected chi connectivity index (χ2v) is 7.25. The Bertz CT molecular complexity index is 881. The molecule has 0 N–H and O–H groups in total. The molecule has 1 aliphatic rings. The quantitative estimate of drug-likeness (QED) is 0.620. The molecule has 1 heterocycles. The first-order chi connectivity index (χ1) is 14.6. The molecule has 160 valence electrons. The van der Waals surface area contributed by atoms with Crippen molar-refractivity contribution in [3.8, 4) is 11.5 Å². The van der Waals surface area contributed by atoms with E-state index in [1.54, 1.807) is 21.1 Å². The summed E-state index contributed by atoms with van der Waals surface area (Å²) in [6.07, 6.45) is 1.88. The van der Waals surface area contributed by atoms with Gasteiger partial charge in [0.1, 0.15) is 0 Å². The van der Waals surface area contributed by atoms with Crippen LogP contribution in [-0.4, -0.2) is 44.1 Å². The molecule has 3 rings (SSSR count). The SMILES string of the molecule is CCOC(=O)CC1c2cc(OC)c(OC)cc2CCN1C(=O)CCc1ccccc1. The van der Waals surface area contributed by atoms with Gasteiger partial charge in [0.2, 0.25) is 5.91 Å². The van der Waals surface area contributed by atoms with E-state index in [1.807, 2.05) is 47.4 Å². The number of carbonyl (C=O) groups excluding carboxylic acids is 2. The molecule has 0 fully saturated rings. The Kier molecular flexibility index (Phi) is 7.33.